The highest BCUT2D eigenvalue weighted by Crippen LogP contribution is 2.38. The molecule has 4 atom stereocenters. The van der Waals surface area contributed by atoms with Crippen molar-refractivity contribution >= 4 is 21.8 Å². The van der Waals surface area contributed by atoms with E-state index in [4.69, 9.17) is 4.74 Å². The summed E-state index contributed by atoms with van der Waals surface area (Å²) in [7, 11) is 0. The Bertz CT molecular complexity index is 1080. The van der Waals surface area contributed by atoms with Gasteiger partial charge in [-0.2, -0.15) is 10.2 Å². The minimum absolute atomic E-state index is 0.102. The van der Waals surface area contributed by atoms with Gasteiger partial charge in [-0.3, -0.25) is 9.59 Å². The van der Waals surface area contributed by atoms with Gasteiger partial charge in [0.05, 0.1) is 24.5 Å². The molecule has 11 heteroatoms. The van der Waals surface area contributed by atoms with Gasteiger partial charge in [-0.1, -0.05) is 0 Å². The van der Waals surface area contributed by atoms with Crippen LogP contribution in [0.1, 0.15) is 13.2 Å². The van der Waals surface area contributed by atoms with Crippen LogP contribution in [-0.2, 0) is 4.74 Å². The highest BCUT2D eigenvalue weighted by molar-refractivity contribution is 6.05. The van der Waals surface area contributed by atoms with Crippen LogP contribution in [0.25, 0.3) is 21.8 Å². The standard InChI is InChI=1S/C14H15N5O6/c1-14(24)10(21)7(4-20)25-13(14)19-3-6-8-5(18-19)2-15-17-12(23)9(8)11(22)16-6/h2-3,7,10,13,20-21,24H,4H2,1H3,(H,16,22)(H,17,23)/t7-,10-,13-,14-/m1/s1. The van der Waals surface area contributed by atoms with Gasteiger partial charge >= 0.3 is 0 Å². The summed E-state index contributed by atoms with van der Waals surface area (Å²) in [4.78, 5) is 26.6. The van der Waals surface area contributed by atoms with Crippen LogP contribution in [0.5, 0.6) is 0 Å². The summed E-state index contributed by atoms with van der Waals surface area (Å²) >= 11 is 0. The summed E-state index contributed by atoms with van der Waals surface area (Å²) in [5, 5.41) is 40.3. The summed E-state index contributed by atoms with van der Waals surface area (Å²) in [6, 6.07) is 0. The van der Waals surface area contributed by atoms with E-state index in [1.807, 2.05) is 0 Å². The van der Waals surface area contributed by atoms with E-state index in [0.717, 1.165) is 0 Å². The van der Waals surface area contributed by atoms with E-state index in [0.29, 0.717) is 10.9 Å². The molecule has 4 rings (SSSR count). The van der Waals surface area contributed by atoms with Crippen LogP contribution in [-0.4, -0.2) is 64.7 Å². The fourth-order valence-corrected chi connectivity index (χ4v) is 3.20. The second kappa shape index (κ2) is 5.20. The van der Waals surface area contributed by atoms with Gasteiger partial charge in [-0.15, -0.1) is 0 Å². The highest BCUT2D eigenvalue weighted by atomic mass is 16.6. The number of aliphatic hydroxyl groups is 3. The van der Waals surface area contributed by atoms with Crippen molar-refractivity contribution in [3.8, 4) is 0 Å². The third-order valence-electron chi connectivity index (χ3n) is 4.49. The lowest BCUT2D eigenvalue weighted by atomic mass is 9.97. The molecule has 0 saturated carbocycles. The van der Waals surface area contributed by atoms with E-state index in [1.54, 1.807) is 0 Å². The Morgan fingerprint density at radius 1 is 1.36 bits per heavy atom. The molecule has 0 bridgehead atoms. The quantitative estimate of drug-likeness (QED) is 0.353. The van der Waals surface area contributed by atoms with Gasteiger partial charge in [0.2, 0.25) is 0 Å². The third kappa shape index (κ3) is 2.14. The number of nitrogens with zero attached hydrogens (tertiary/aromatic N) is 3. The van der Waals surface area contributed by atoms with Crippen LogP contribution in [0.15, 0.2) is 22.0 Å². The van der Waals surface area contributed by atoms with Gasteiger partial charge in [0.15, 0.2) is 6.23 Å². The molecule has 0 unspecified atom stereocenters. The number of rotatable bonds is 2. The molecule has 11 nitrogen and oxygen atoms in total. The van der Waals surface area contributed by atoms with Gasteiger partial charge < -0.3 is 25.0 Å². The van der Waals surface area contributed by atoms with Crippen molar-refractivity contribution < 1.29 is 20.1 Å². The summed E-state index contributed by atoms with van der Waals surface area (Å²) in [5.41, 5.74) is -2.46. The Hall–Kier alpha value is -2.60. The molecule has 1 saturated heterocycles. The first-order valence-electron chi connectivity index (χ1n) is 7.50. The summed E-state index contributed by atoms with van der Waals surface area (Å²) in [6.45, 7) is 0.869. The predicted molar refractivity (Wildman–Crippen MR) is 83.9 cm³/mol. The molecule has 0 amide bonds. The predicted octanol–water partition coefficient (Wildman–Crippen LogP) is -2.04. The molecule has 0 aliphatic carbocycles. The maximum atomic E-state index is 12.1. The molecule has 1 aliphatic rings. The Kier molecular flexibility index (Phi) is 3.30. The van der Waals surface area contributed by atoms with Crippen molar-refractivity contribution in [1.29, 1.82) is 0 Å². The highest BCUT2D eigenvalue weighted by Gasteiger charge is 2.53. The summed E-state index contributed by atoms with van der Waals surface area (Å²) in [5.74, 6) is 0. The van der Waals surface area contributed by atoms with Crippen molar-refractivity contribution in [2.75, 3.05) is 6.61 Å². The van der Waals surface area contributed by atoms with Gasteiger partial charge in [0.1, 0.15) is 28.7 Å². The van der Waals surface area contributed by atoms with E-state index >= 15 is 0 Å². The first-order valence-corrected chi connectivity index (χ1v) is 7.50. The molecule has 0 radical (unpaired) electrons. The molecular weight excluding hydrogens is 334 g/mol. The lowest BCUT2D eigenvalue weighted by Crippen LogP contribution is -2.44. The van der Waals surface area contributed by atoms with E-state index in [1.165, 1.54) is 24.0 Å². The molecule has 0 spiro atoms. The second-order valence-electron chi connectivity index (χ2n) is 6.19. The fraction of sp³-hybridized carbons (Fsp3) is 0.429. The van der Waals surface area contributed by atoms with Crippen molar-refractivity contribution in [2.24, 2.45) is 0 Å². The molecule has 0 aromatic carbocycles. The molecule has 3 aromatic rings. The average molecular weight is 349 g/mol. The molecule has 132 valence electrons. The second-order valence-corrected chi connectivity index (χ2v) is 6.19. The zero-order valence-electron chi connectivity index (χ0n) is 13.0. The van der Waals surface area contributed by atoms with Crippen molar-refractivity contribution in [2.45, 2.75) is 31.0 Å². The van der Waals surface area contributed by atoms with Crippen LogP contribution < -0.4 is 11.1 Å². The molecule has 25 heavy (non-hydrogen) atoms. The zero-order valence-corrected chi connectivity index (χ0v) is 13.0. The Morgan fingerprint density at radius 2 is 2.12 bits per heavy atom. The number of hydrogen-bond donors (Lipinski definition) is 5. The monoisotopic (exact) mass is 349 g/mol. The van der Waals surface area contributed by atoms with E-state index < -0.39 is 41.8 Å². The molecule has 3 aromatic heterocycles. The Morgan fingerprint density at radius 3 is 2.80 bits per heavy atom. The summed E-state index contributed by atoms with van der Waals surface area (Å²) in [6.07, 6.45) is -0.790. The largest absolute Gasteiger partial charge is 0.394 e. The van der Waals surface area contributed by atoms with Crippen molar-refractivity contribution in [3.05, 3.63) is 33.1 Å². The maximum Gasteiger partial charge on any atom is 0.277 e. The maximum absolute atomic E-state index is 12.1. The number of aliphatic hydroxyl groups excluding tert-OH is 2. The Balaban J connectivity index is 1.98. The first-order chi connectivity index (χ1) is 11.8. The first kappa shape index (κ1) is 15.9. The third-order valence-corrected chi connectivity index (χ3v) is 4.49. The van der Waals surface area contributed by atoms with Crippen molar-refractivity contribution in [3.63, 3.8) is 0 Å². The average Bonchev–Trinajstić information content (AvgIpc) is 2.93. The molecule has 1 fully saturated rings. The van der Waals surface area contributed by atoms with Gasteiger partial charge in [0.25, 0.3) is 11.1 Å². The smallest absolute Gasteiger partial charge is 0.277 e. The number of hydrogen-bond acceptors (Lipinski definition) is 8. The van der Waals surface area contributed by atoms with Crippen LogP contribution in [0.4, 0.5) is 0 Å². The summed E-state index contributed by atoms with van der Waals surface area (Å²) < 4.78 is 6.73. The zero-order chi connectivity index (χ0) is 17.9. The molecule has 5 N–H and O–H groups in total. The fourth-order valence-electron chi connectivity index (χ4n) is 3.20. The van der Waals surface area contributed by atoms with Gasteiger partial charge in [-0.05, 0) is 6.92 Å². The minimum Gasteiger partial charge on any atom is -0.394 e. The number of H-pyrrole nitrogens is 2. The lowest BCUT2D eigenvalue weighted by Gasteiger charge is -2.27. The van der Waals surface area contributed by atoms with Crippen LogP contribution in [0, 0.1) is 0 Å². The van der Waals surface area contributed by atoms with E-state index in [-0.39, 0.29) is 10.9 Å². The number of aromatic amines is 2. The normalized spacial score (nSPS) is 29.7. The minimum atomic E-state index is -1.74. The number of nitrogens with one attached hydrogen (secondary N) is 2. The SMILES string of the molecule is C[C@@]1(O)[C@H](O)[C@@H](CO)O[C@H]1n1cc2[nH]c(=O)c3c(=O)[nH]ncc(n1)c23. The van der Waals surface area contributed by atoms with Crippen LogP contribution >= 0.6 is 0 Å². The van der Waals surface area contributed by atoms with Crippen LogP contribution in [0.2, 0.25) is 0 Å². The number of ether oxygens (including phenoxy) is 1. The van der Waals surface area contributed by atoms with Gasteiger partial charge in [-0.25, -0.2) is 9.78 Å². The van der Waals surface area contributed by atoms with Crippen molar-refractivity contribution in [1.82, 2.24) is 25.0 Å². The lowest BCUT2D eigenvalue weighted by molar-refractivity contribution is -0.102. The molecule has 4 heterocycles. The topological polar surface area (TPSA) is 166 Å². The number of aromatic nitrogens is 5. The van der Waals surface area contributed by atoms with E-state index in [9.17, 15) is 24.9 Å². The molecular formula is C14H15N5O6. The molecule has 1 aliphatic heterocycles. The van der Waals surface area contributed by atoms with E-state index in [2.05, 4.69) is 20.3 Å². The van der Waals surface area contributed by atoms with Gasteiger partial charge in [0, 0.05) is 5.39 Å². The van der Waals surface area contributed by atoms with Crippen LogP contribution in [0.3, 0.4) is 0 Å². The Labute approximate surface area is 138 Å².